The minimum atomic E-state index is -0.600. The molecule has 0 aliphatic carbocycles. The first-order valence-corrected chi connectivity index (χ1v) is 10.9. The van der Waals surface area contributed by atoms with Gasteiger partial charge in [-0.2, -0.15) is 0 Å². The zero-order chi connectivity index (χ0) is 23.1. The van der Waals surface area contributed by atoms with E-state index in [-0.39, 0.29) is 17.7 Å². The molecule has 0 aliphatic heterocycles. The van der Waals surface area contributed by atoms with Gasteiger partial charge in [-0.15, -0.1) is 0 Å². The Morgan fingerprint density at radius 3 is 2.16 bits per heavy atom. The molecule has 170 valence electrons. The van der Waals surface area contributed by atoms with Gasteiger partial charge in [-0.1, -0.05) is 25.0 Å². The number of benzene rings is 2. The van der Waals surface area contributed by atoms with Crippen LogP contribution in [0, 0.1) is 26.6 Å². The first-order chi connectivity index (χ1) is 14.7. The van der Waals surface area contributed by atoms with Gasteiger partial charge in [-0.25, -0.2) is 4.39 Å². The molecular weight excluding hydrogens is 395 g/mol. The zero-order valence-electron chi connectivity index (χ0n) is 19.5. The Balaban J connectivity index is 2.48. The summed E-state index contributed by atoms with van der Waals surface area (Å²) in [5.41, 5.74) is 6.03. The second-order valence-corrected chi connectivity index (χ2v) is 8.19. The quantitative estimate of drug-likeness (QED) is 0.367. The van der Waals surface area contributed by atoms with Crippen molar-refractivity contribution in [2.75, 3.05) is 14.2 Å². The van der Waals surface area contributed by atoms with Gasteiger partial charge >= 0.3 is 5.97 Å². The number of carbonyl (C=O) groups is 1. The Morgan fingerprint density at radius 1 is 0.968 bits per heavy atom. The number of aliphatic hydroxyl groups excluding tert-OH is 1. The second kappa shape index (κ2) is 11.3. The van der Waals surface area contributed by atoms with Crippen molar-refractivity contribution in [1.29, 1.82) is 0 Å². The third-order valence-electron chi connectivity index (χ3n) is 6.20. The number of esters is 1. The van der Waals surface area contributed by atoms with E-state index < -0.39 is 6.10 Å². The molecule has 2 atom stereocenters. The van der Waals surface area contributed by atoms with E-state index >= 15 is 0 Å². The van der Waals surface area contributed by atoms with Gasteiger partial charge in [-0.3, -0.25) is 4.79 Å². The van der Waals surface area contributed by atoms with Crippen molar-refractivity contribution < 1.29 is 23.8 Å². The van der Waals surface area contributed by atoms with E-state index in [4.69, 9.17) is 9.47 Å². The average Bonchev–Trinajstić information content (AvgIpc) is 2.74. The summed E-state index contributed by atoms with van der Waals surface area (Å²) < 4.78 is 24.2. The highest BCUT2D eigenvalue weighted by atomic mass is 19.1. The van der Waals surface area contributed by atoms with E-state index in [0.29, 0.717) is 6.42 Å². The predicted octanol–water partition coefficient (Wildman–Crippen LogP) is 6.07. The summed E-state index contributed by atoms with van der Waals surface area (Å²) in [6, 6.07) is 6.62. The van der Waals surface area contributed by atoms with E-state index in [2.05, 4.69) is 0 Å². The lowest BCUT2D eigenvalue weighted by Crippen LogP contribution is -2.13. The van der Waals surface area contributed by atoms with E-state index in [9.17, 15) is 14.3 Å². The van der Waals surface area contributed by atoms with Crippen LogP contribution in [-0.4, -0.2) is 25.3 Å². The molecule has 31 heavy (non-hydrogen) atoms. The highest BCUT2D eigenvalue weighted by molar-refractivity contribution is 5.69. The molecule has 0 saturated carbocycles. The highest BCUT2D eigenvalue weighted by Gasteiger charge is 2.27. The van der Waals surface area contributed by atoms with E-state index in [1.54, 1.807) is 14.0 Å². The maximum atomic E-state index is 13.6. The Hall–Kier alpha value is -2.40. The monoisotopic (exact) mass is 430 g/mol. The summed E-state index contributed by atoms with van der Waals surface area (Å²) in [4.78, 5) is 11.4. The first kappa shape index (κ1) is 24.9. The normalized spacial score (nSPS) is 13.0. The molecule has 0 saturated heterocycles. The molecule has 4 nitrogen and oxygen atoms in total. The third-order valence-corrected chi connectivity index (χ3v) is 6.20. The van der Waals surface area contributed by atoms with E-state index in [1.165, 1.54) is 19.2 Å². The predicted molar refractivity (Wildman–Crippen MR) is 121 cm³/mol. The Morgan fingerprint density at radius 2 is 1.61 bits per heavy atom. The molecular formula is C26H35FO4. The number of halogens is 1. The standard InChI is InChI=1S/C26H35FO4/c1-16-17(2)26(31-6)25(18(3)24(16)19(4)28)22(20-12-14-21(27)15-13-20)10-8-7-9-11-23(29)30-5/h12-15,19,22,28H,7-11H2,1-6H3. The Labute approximate surface area is 185 Å². The Bertz CT molecular complexity index is 888. The lowest BCUT2D eigenvalue weighted by Gasteiger charge is -2.28. The summed E-state index contributed by atoms with van der Waals surface area (Å²) in [6.45, 7) is 7.84. The molecule has 2 aromatic rings. The number of rotatable bonds is 10. The van der Waals surface area contributed by atoms with Crippen molar-refractivity contribution in [2.45, 2.75) is 71.8 Å². The van der Waals surface area contributed by atoms with Gasteiger partial charge in [0.05, 0.1) is 20.3 Å². The van der Waals surface area contributed by atoms with E-state index in [0.717, 1.165) is 64.8 Å². The number of methoxy groups -OCH3 is 2. The number of hydrogen-bond donors (Lipinski definition) is 1. The van der Waals surface area contributed by atoms with Crippen LogP contribution >= 0.6 is 0 Å². The molecule has 5 heteroatoms. The molecule has 2 rings (SSSR count). The molecule has 0 fully saturated rings. The van der Waals surface area contributed by atoms with Crippen LogP contribution in [0.3, 0.4) is 0 Å². The summed E-state index contributed by atoms with van der Waals surface area (Å²) in [5.74, 6) is 0.353. The fourth-order valence-electron chi connectivity index (χ4n) is 4.55. The topological polar surface area (TPSA) is 55.8 Å². The third kappa shape index (κ3) is 5.85. The van der Waals surface area contributed by atoms with Crippen LogP contribution in [0.1, 0.15) is 84.4 Å². The van der Waals surface area contributed by atoms with Crippen molar-refractivity contribution in [1.82, 2.24) is 0 Å². The van der Waals surface area contributed by atoms with Gasteiger partial charge in [0.15, 0.2) is 0 Å². The lowest BCUT2D eigenvalue weighted by atomic mass is 9.79. The first-order valence-electron chi connectivity index (χ1n) is 10.9. The van der Waals surface area contributed by atoms with Crippen molar-refractivity contribution in [2.24, 2.45) is 0 Å². The van der Waals surface area contributed by atoms with Gasteiger partial charge in [0, 0.05) is 17.9 Å². The van der Waals surface area contributed by atoms with Crippen LogP contribution < -0.4 is 4.74 Å². The van der Waals surface area contributed by atoms with Crippen molar-refractivity contribution in [3.8, 4) is 5.75 Å². The lowest BCUT2D eigenvalue weighted by molar-refractivity contribution is -0.140. The molecule has 0 heterocycles. The molecule has 0 amide bonds. The molecule has 0 aromatic heterocycles. The SMILES string of the molecule is COC(=O)CCCCCC(c1ccc(F)cc1)c1c(C)c(C(C)O)c(C)c(C)c1OC. The summed E-state index contributed by atoms with van der Waals surface area (Å²) in [6.07, 6.45) is 3.20. The minimum absolute atomic E-state index is 0.00882. The van der Waals surface area contributed by atoms with Crippen molar-refractivity contribution >= 4 is 5.97 Å². The maximum Gasteiger partial charge on any atom is 0.305 e. The number of unbranched alkanes of at least 4 members (excludes halogenated alkanes) is 2. The maximum absolute atomic E-state index is 13.6. The Kier molecular flexibility index (Phi) is 9.05. The van der Waals surface area contributed by atoms with Crippen LogP contribution in [0.5, 0.6) is 5.75 Å². The van der Waals surface area contributed by atoms with Crippen LogP contribution in [0.4, 0.5) is 4.39 Å². The van der Waals surface area contributed by atoms with E-state index in [1.807, 2.05) is 32.9 Å². The van der Waals surface area contributed by atoms with Crippen LogP contribution in [-0.2, 0) is 9.53 Å². The van der Waals surface area contributed by atoms with Crippen LogP contribution in [0.2, 0.25) is 0 Å². The van der Waals surface area contributed by atoms with Gasteiger partial charge in [0.1, 0.15) is 11.6 Å². The molecule has 1 N–H and O–H groups in total. The van der Waals surface area contributed by atoms with Gasteiger partial charge < -0.3 is 14.6 Å². The van der Waals surface area contributed by atoms with Crippen LogP contribution in [0.15, 0.2) is 24.3 Å². The molecule has 2 aromatic carbocycles. The molecule has 2 unspecified atom stereocenters. The van der Waals surface area contributed by atoms with Gasteiger partial charge in [0.2, 0.25) is 0 Å². The highest BCUT2D eigenvalue weighted by Crippen LogP contribution is 2.44. The van der Waals surface area contributed by atoms with Crippen LogP contribution in [0.25, 0.3) is 0 Å². The largest absolute Gasteiger partial charge is 0.496 e. The smallest absolute Gasteiger partial charge is 0.305 e. The number of ether oxygens (including phenoxy) is 2. The molecule has 0 aliphatic rings. The van der Waals surface area contributed by atoms with Crippen molar-refractivity contribution in [3.63, 3.8) is 0 Å². The number of hydrogen-bond acceptors (Lipinski definition) is 4. The summed E-state index contributed by atoms with van der Waals surface area (Å²) in [7, 11) is 3.08. The molecule has 0 radical (unpaired) electrons. The number of aliphatic hydroxyl groups is 1. The van der Waals surface area contributed by atoms with Crippen molar-refractivity contribution in [3.05, 3.63) is 63.5 Å². The average molecular weight is 431 g/mol. The summed E-state index contributed by atoms with van der Waals surface area (Å²) >= 11 is 0. The second-order valence-electron chi connectivity index (χ2n) is 8.19. The van der Waals surface area contributed by atoms with Gasteiger partial charge in [0.25, 0.3) is 0 Å². The molecule has 0 spiro atoms. The fourth-order valence-corrected chi connectivity index (χ4v) is 4.55. The molecule has 0 bridgehead atoms. The minimum Gasteiger partial charge on any atom is -0.496 e. The summed E-state index contributed by atoms with van der Waals surface area (Å²) in [5, 5.41) is 10.5. The zero-order valence-corrected chi connectivity index (χ0v) is 19.5. The number of carbonyl (C=O) groups excluding carboxylic acids is 1. The van der Waals surface area contributed by atoms with Gasteiger partial charge in [-0.05, 0) is 80.5 Å². The fraction of sp³-hybridized carbons (Fsp3) is 0.500.